The van der Waals surface area contributed by atoms with E-state index >= 15 is 0 Å². The number of imidazole rings is 1. The fraction of sp³-hybridized carbons (Fsp3) is 0.375. The molecule has 2 aromatic rings. The fourth-order valence-electron chi connectivity index (χ4n) is 2.82. The van der Waals surface area contributed by atoms with Crippen LogP contribution in [0, 0.1) is 12.7 Å². The molecule has 0 saturated carbocycles. The van der Waals surface area contributed by atoms with Gasteiger partial charge in [-0.15, -0.1) is 0 Å². The number of anilines is 1. The number of aromatic nitrogens is 2. The Labute approximate surface area is 123 Å². The van der Waals surface area contributed by atoms with E-state index in [1.165, 1.54) is 24.2 Å². The Morgan fingerprint density at radius 1 is 1.29 bits per heavy atom. The van der Waals surface area contributed by atoms with Crippen LogP contribution in [0.3, 0.4) is 0 Å². The summed E-state index contributed by atoms with van der Waals surface area (Å²) in [6.07, 6.45) is 4.31. The zero-order valence-electron chi connectivity index (χ0n) is 12.0. The molecule has 4 nitrogen and oxygen atoms in total. The standard InChI is InChI=1S/C16H18FN3O/c1-11-18-14-4-2-3-5-15(14)20(11)10-16(21)19-13-8-6-12(17)7-9-13/h6-9H,2-5,10H2,1H3,(H,19,21). The first-order valence-corrected chi connectivity index (χ1v) is 7.24. The van der Waals surface area contributed by atoms with Crippen molar-refractivity contribution >= 4 is 11.6 Å². The molecule has 0 atom stereocenters. The second-order valence-electron chi connectivity index (χ2n) is 5.40. The first-order valence-electron chi connectivity index (χ1n) is 7.24. The monoisotopic (exact) mass is 287 g/mol. The van der Waals surface area contributed by atoms with Crippen LogP contribution in [-0.2, 0) is 24.2 Å². The molecule has 1 heterocycles. The largest absolute Gasteiger partial charge is 0.325 e. The lowest BCUT2D eigenvalue weighted by molar-refractivity contribution is -0.116. The molecule has 1 N–H and O–H groups in total. The topological polar surface area (TPSA) is 46.9 Å². The lowest BCUT2D eigenvalue weighted by Gasteiger charge is -2.14. The van der Waals surface area contributed by atoms with E-state index < -0.39 is 0 Å². The molecular formula is C16H18FN3O. The van der Waals surface area contributed by atoms with Gasteiger partial charge in [0, 0.05) is 11.4 Å². The maximum atomic E-state index is 12.8. The number of benzene rings is 1. The Morgan fingerprint density at radius 2 is 2.00 bits per heavy atom. The molecule has 3 rings (SSSR count). The van der Waals surface area contributed by atoms with Crippen molar-refractivity contribution in [1.29, 1.82) is 0 Å². The first-order chi connectivity index (χ1) is 10.1. The maximum absolute atomic E-state index is 12.8. The third-order valence-electron chi connectivity index (χ3n) is 3.85. The molecule has 1 aliphatic rings. The predicted octanol–water partition coefficient (Wildman–Crippen LogP) is 2.85. The van der Waals surface area contributed by atoms with Gasteiger partial charge in [0.2, 0.25) is 5.91 Å². The normalized spacial score (nSPS) is 13.8. The van der Waals surface area contributed by atoms with Crippen molar-refractivity contribution in [1.82, 2.24) is 9.55 Å². The Morgan fingerprint density at radius 3 is 2.76 bits per heavy atom. The third kappa shape index (κ3) is 2.96. The molecule has 21 heavy (non-hydrogen) atoms. The highest BCUT2D eigenvalue weighted by Crippen LogP contribution is 2.22. The van der Waals surface area contributed by atoms with Crippen LogP contribution in [-0.4, -0.2) is 15.5 Å². The van der Waals surface area contributed by atoms with Gasteiger partial charge in [0.05, 0.1) is 5.69 Å². The fourth-order valence-corrected chi connectivity index (χ4v) is 2.82. The van der Waals surface area contributed by atoms with Crippen molar-refractivity contribution in [3.05, 3.63) is 47.3 Å². The summed E-state index contributed by atoms with van der Waals surface area (Å²) in [5, 5.41) is 2.79. The van der Waals surface area contributed by atoms with E-state index in [0.717, 1.165) is 30.8 Å². The van der Waals surface area contributed by atoms with E-state index in [2.05, 4.69) is 10.3 Å². The van der Waals surface area contributed by atoms with Crippen molar-refractivity contribution in [3.63, 3.8) is 0 Å². The Hall–Kier alpha value is -2.17. The lowest BCUT2D eigenvalue weighted by Crippen LogP contribution is -2.21. The van der Waals surface area contributed by atoms with Gasteiger partial charge in [-0.25, -0.2) is 9.37 Å². The SMILES string of the molecule is Cc1nc2c(n1CC(=O)Nc1ccc(F)cc1)CCCC2. The second kappa shape index (κ2) is 5.68. The summed E-state index contributed by atoms with van der Waals surface area (Å²) >= 11 is 0. The molecule has 1 amide bonds. The number of carbonyl (C=O) groups is 1. The molecule has 0 fully saturated rings. The third-order valence-corrected chi connectivity index (χ3v) is 3.85. The van der Waals surface area contributed by atoms with Gasteiger partial charge in [0.25, 0.3) is 0 Å². The van der Waals surface area contributed by atoms with Crippen LogP contribution in [0.25, 0.3) is 0 Å². The molecular weight excluding hydrogens is 269 g/mol. The molecule has 110 valence electrons. The molecule has 1 aromatic heterocycles. The van der Waals surface area contributed by atoms with Crippen molar-refractivity contribution < 1.29 is 9.18 Å². The van der Waals surface area contributed by atoms with Gasteiger partial charge >= 0.3 is 0 Å². The molecule has 5 heteroatoms. The van der Waals surface area contributed by atoms with Crippen LogP contribution in [0.15, 0.2) is 24.3 Å². The van der Waals surface area contributed by atoms with E-state index in [1.807, 2.05) is 11.5 Å². The maximum Gasteiger partial charge on any atom is 0.244 e. The molecule has 1 aliphatic carbocycles. The number of hydrogen-bond acceptors (Lipinski definition) is 2. The van der Waals surface area contributed by atoms with Gasteiger partial charge in [-0.2, -0.15) is 0 Å². The van der Waals surface area contributed by atoms with Crippen molar-refractivity contribution in [2.75, 3.05) is 5.32 Å². The van der Waals surface area contributed by atoms with Crippen LogP contribution in [0.5, 0.6) is 0 Å². The summed E-state index contributed by atoms with van der Waals surface area (Å²) in [5.41, 5.74) is 2.93. The van der Waals surface area contributed by atoms with Crippen LogP contribution < -0.4 is 5.32 Å². The van der Waals surface area contributed by atoms with E-state index in [4.69, 9.17) is 0 Å². The minimum Gasteiger partial charge on any atom is -0.325 e. The summed E-state index contributed by atoms with van der Waals surface area (Å²) in [6, 6.07) is 5.78. The highest BCUT2D eigenvalue weighted by Gasteiger charge is 2.19. The van der Waals surface area contributed by atoms with Crippen LogP contribution >= 0.6 is 0 Å². The zero-order chi connectivity index (χ0) is 14.8. The van der Waals surface area contributed by atoms with Crippen LogP contribution in [0.2, 0.25) is 0 Å². The highest BCUT2D eigenvalue weighted by molar-refractivity contribution is 5.90. The van der Waals surface area contributed by atoms with Crippen LogP contribution in [0.1, 0.15) is 30.1 Å². The lowest BCUT2D eigenvalue weighted by atomic mass is 10.0. The molecule has 0 aliphatic heterocycles. The number of hydrogen-bond donors (Lipinski definition) is 1. The molecule has 0 bridgehead atoms. The Kier molecular flexibility index (Phi) is 3.73. The van der Waals surface area contributed by atoms with E-state index in [9.17, 15) is 9.18 Å². The van der Waals surface area contributed by atoms with Crippen molar-refractivity contribution in [3.8, 4) is 0 Å². The quantitative estimate of drug-likeness (QED) is 0.943. The minimum atomic E-state index is -0.312. The van der Waals surface area contributed by atoms with E-state index in [0.29, 0.717) is 5.69 Å². The number of halogens is 1. The number of amides is 1. The summed E-state index contributed by atoms with van der Waals surface area (Å²) < 4.78 is 14.8. The van der Waals surface area contributed by atoms with Gasteiger partial charge in [-0.05, 0) is 56.9 Å². The molecule has 0 spiro atoms. The van der Waals surface area contributed by atoms with Gasteiger partial charge in [-0.3, -0.25) is 4.79 Å². The van der Waals surface area contributed by atoms with Gasteiger partial charge in [0.1, 0.15) is 18.2 Å². The summed E-state index contributed by atoms with van der Waals surface area (Å²) in [4.78, 5) is 16.7. The summed E-state index contributed by atoms with van der Waals surface area (Å²) in [6.45, 7) is 2.19. The minimum absolute atomic E-state index is 0.115. The number of nitrogens with one attached hydrogen (secondary N) is 1. The Bertz CT molecular complexity index is 661. The molecule has 0 saturated heterocycles. The summed E-state index contributed by atoms with van der Waals surface area (Å²) in [5.74, 6) is 0.458. The number of carbonyl (C=O) groups excluding carboxylic acids is 1. The van der Waals surface area contributed by atoms with E-state index in [1.54, 1.807) is 12.1 Å². The van der Waals surface area contributed by atoms with Gasteiger partial charge < -0.3 is 9.88 Å². The average molecular weight is 287 g/mol. The second-order valence-corrected chi connectivity index (χ2v) is 5.40. The van der Waals surface area contributed by atoms with Crippen molar-refractivity contribution in [2.45, 2.75) is 39.2 Å². The molecule has 0 unspecified atom stereocenters. The zero-order valence-corrected chi connectivity index (χ0v) is 12.0. The van der Waals surface area contributed by atoms with Gasteiger partial charge in [0.15, 0.2) is 0 Å². The van der Waals surface area contributed by atoms with Crippen LogP contribution in [0.4, 0.5) is 10.1 Å². The van der Waals surface area contributed by atoms with Crippen molar-refractivity contribution in [2.24, 2.45) is 0 Å². The average Bonchev–Trinajstić information content (AvgIpc) is 2.78. The Balaban J connectivity index is 1.73. The number of nitrogens with zero attached hydrogens (tertiary/aromatic N) is 2. The number of rotatable bonds is 3. The number of aryl methyl sites for hydroxylation is 2. The van der Waals surface area contributed by atoms with E-state index in [-0.39, 0.29) is 18.3 Å². The smallest absolute Gasteiger partial charge is 0.244 e. The number of fused-ring (bicyclic) bond motifs is 1. The molecule has 1 aromatic carbocycles. The summed E-state index contributed by atoms with van der Waals surface area (Å²) in [7, 11) is 0. The predicted molar refractivity (Wildman–Crippen MR) is 78.6 cm³/mol. The van der Waals surface area contributed by atoms with Gasteiger partial charge in [-0.1, -0.05) is 0 Å². The highest BCUT2D eigenvalue weighted by atomic mass is 19.1. The first kappa shape index (κ1) is 13.8. The molecule has 0 radical (unpaired) electrons.